The SMILES string of the molecule is O=C(CCSC(F)(F)F)Cc1c(F)ccc(CC(=O)c2cc(NC(=O)[C@H]3[C@H](c4ccc(F)c(C(F)(F)F)c4)C3(Cl)Cl)ccc2Cl)c1F. The molecule has 17 heteroatoms. The van der Waals surface area contributed by atoms with Gasteiger partial charge in [-0.05, 0) is 47.5 Å². The third-order valence-electron chi connectivity index (χ3n) is 7.16. The van der Waals surface area contributed by atoms with Gasteiger partial charge in [-0.2, -0.15) is 26.3 Å². The average Bonchev–Trinajstić information content (AvgIpc) is 3.54. The summed E-state index contributed by atoms with van der Waals surface area (Å²) in [4.78, 5) is 38.2. The lowest BCUT2D eigenvalue weighted by Crippen LogP contribution is -2.18. The molecule has 4 rings (SSSR count). The van der Waals surface area contributed by atoms with Gasteiger partial charge >= 0.3 is 11.7 Å². The zero-order valence-electron chi connectivity index (χ0n) is 23.3. The van der Waals surface area contributed by atoms with E-state index in [2.05, 4.69) is 5.32 Å². The highest BCUT2D eigenvalue weighted by atomic mass is 35.5. The third kappa shape index (κ3) is 8.76. The number of carbonyl (C=O) groups is 3. The van der Waals surface area contributed by atoms with E-state index < -0.39 is 111 Å². The van der Waals surface area contributed by atoms with Crippen molar-refractivity contribution in [1.29, 1.82) is 0 Å². The fraction of sp³-hybridized carbons (Fsp3) is 0.300. The molecular formula is C30H19Cl3F9NO3S. The fourth-order valence-corrected chi connectivity index (χ4v) is 6.45. The van der Waals surface area contributed by atoms with Gasteiger partial charge in [-0.3, -0.25) is 14.4 Å². The molecule has 3 aromatic carbocycles. The Balaban J connectivity index is 1.47. The number of rotatable bonds is 11. The molecule has 0 heterocycles. The average molecular weight is 751 g/mol. The van der Waals surface area contributed by atoms with Crippen molar-refractivity contribution in [3.63, 3.8) is 0 Å². The van der Waals surface area contributed by atoms with E-state index in [0.717, 1.165) is 24.3 Å². The van der Waals surface area contributed by atoms with Crippen LogP contribution in [0.5, 0.6) is 0 Å². The van der Waals surface area contributed by atoms with Gasteiger partial charge in [0.25, 0.3) is 0 Å². The maximum absolute atomic E-state index is 15.2. The number of hydrogen-bond donors (Lipinski definition) is 1. The molecule has 0 aliphatic heterocycles. The van der Waals surface area contributed by atoms with E-state index in [1.54, 1.807) is 0 Å². The summed E-state index contributed by atoms with van der Waals surface area (Å²) in [5.41, 5.74) is -7.61. The van der Waals surface area contributed by atoms with Gasteiger partial charge in [-0.25, -0.2) is 13.2 Å². The number of thioether (sulfide) groups is 1. The first-order chi connectivity index (χ1) is 21.7. The number of alkyl halides is 8. The van der Waals surface area contributed by atoms with Crippen molar-refractivity contribution in [3.8, 4) is 0 Å². The van der Waals surface area contributed by atoms with Gasteiger partial charge in [0.05, 0.1) is 16.5 Å². The minimum atomic E-state index is -5.02. The van der Waals surface area contributed by atoms with Gasteiger partial charge in [0.1, 0.15) is 27.6 Å². The number of halogens is 12. The quantitative estimate of drug-likeness (QED) is 0.121. The van der Waals surface area contributed by atoms with Crippen molar-refractivity contribution in [2.75, 3.05) is 11.1 Å². The van der Waals surface area contributed by atoms with E-state index in [4.69, 9.17) is 34.8 Å². The van der Waals surface area contributed by atoms with Crippen molar-refractivity contribution < 1.29 is 53.9 Å². The molecule has 0 spiro atoms. The Morgan fingerprint density at radius 1 is 0.872 bits per heavy atom. The van der Waals surface area contributed by atoms with Gasteiger partial charge < -0.3 is 5.32 Å². The van der Waals surface area contributed by atoms with Crippen LogP contribution in [-0.4, -0.2) is 33.1 Å². The first-order valence-corrected chi connectivity index (χ1v) is 15.4. The minimum absolute atomic E-state index is 0.0322. The summed E-state index contributed by atoms with van der Waals surface area (Å²) in [6.45, 7) is 0. The minimum Gasteiger partial charge on any atom is -0.326 e. The van der Waals surface area contributed by atoms with Crippen LogP contribution in [-0.2, 0) is 28.6 Å². The topological polar surface area (TPSA) is 63.2 Å². The first kappa shape index (κ1) is 36.9. The van der Waals surface area contributed by atoms with E-state index in [0.29, 0.717) is 12.1 Å². The molecule has 3 aromatic rings. The smallest absolute Gasteiger partial charge is 0.326 e. The summed E-state index contributed by atoms with van der Waals surface area (Å²) >= 11 is 18.1. The monoisotopic (exact) mass is 749 g/mol. The third-order valence-corrected chi connectivity index (χ3v) is 9.17. The molecule has 0 radical (unpaired) electrons. The molecule has 252 valence electrons. The number of anilines is 1. The molecule has 4 nitrogen and oxygen atoms in total. The lowest BCUT2D eigenvalue weighted by atomic mass is 9.97. The van der Waals surface area contributed by atoms with Crippen molar-refractivity contribution in [3.05, 3.63) is 98.8 Å². The predicted octanol–water partition coefficient (Wildman–Crippen LogP) is 9.48. The number of nitrogens with one attached hydrogen (secondary N) is 1. The molecular weight excluding hydrogens is 732 g/mol. The molecule has 1 fully saturated rings. The maximum Gasteiger partial charge on any atom is 0.441 e. The number of ketones is 2. The van der Waals surface area contributed by atoms with Gasteiger partial charge in [0.2, 0.25) is 5.91 Å². The summed E-state index contributed by atoms with van der Waals surface area (Å²) < 4.78 is 118. The van der Waals surface area contributed by atoms with Crippen molar-refractivity contribution in [1.82, 2.24) is 0 Å². The van der Waals surface area contributed by atoms with Gasteiger partial charge in [-0.15, -0.1) is 23.2 Å². The Morgan fingerprint density at radius 3 is 2.17 bits per heavy atom. The summed E-state index contributed by atoms with van der Waals surface area (Å²) in [6.07, 6.45) is -7.16. The van der Waals surface area contributed by atoms with Gasteiger partial charge in [0.15, 0.2) is 5.78 Å². The van der Waals surface area contributed by atoms with E-state index in [9.17, 15) is 49.5 Å². The second kappa shape index (κ2) is 13.9. The number of carbonyl (C=O) groups excluding carboxylic acids is 3. The highest BCUT2D eigenvalue weighted by Gasteiger charge is 2.67. The second-order valence-electron chi connectivity index (χ2n) is 10.4. The van der Waals surface area contributed by atoms with Crippen molar-refractivity contribution in [2.45, 2.75) is 41.2 Å². The predicted molar refractivity (Wildman–Crippen MR) is 158 cm³/mol. The zero-order chi connectivity index (χ0) is 35.1. The van der Waals surface area contributed by atoms with E-state index in [-0.39, 0.29) is 27.4 Å². The Morgan fingerprint density at radius 2 is 1.53 bits per heavy atom. The van der Waals surface area contributed by atoms with Crippen molar-refractivity contribution >= 4 is 69.7 Å². The molecule has 0 aromatic heterocycles. The van der Waals surface area contributed by atoms with Crippen LogP contribution >= 0.6 is 46.6 Å². The summed E-state index contributed by atoms with van der Waals surface area (Å²) in [6, 6.07) is 7.46. The fourth-order valence-electron chi connectivity index (χ4n) is 4.84. The van der Waals surface area contributed by atoms with Crippen LogP contribution in [0.3, 0.4) is 0 Å². The van der Waals surface area contributed by atoms with Crippen LogP contribution in [0, 0.1) is 23.4 Å². The Bertz CT molecular complexity index is 1730. The lowest BCUT2D eigenvalue weighted by molar-refractivity contribution is -0.140. The summed E-state index contributed by atoms with van der Waals surface area (Å²) in [5, 5.41) is 2.30. The number of Topliss-reactive ketones (excluding diaryl/α,β-unsaturated/α-hetero) is 2. The molecule has 0 unspecified atom stereocenters. The van der Waals surface area contributed by atoms with Crippen LogP contribution in [0.25, 0.3) is 0 Å². The van der Waals surface area contributed by atoms with Gasteiger partial charge in [0, 0.05) is 47.7 Å². The number of benzene rings is 3. The van der Waals surface area contributed by atoms with Gasteiger partial charge in [-0.1, -0.05) is 35.5 Å². The highest BCUT2D eigenvalue weighted by molar-refractivity contribution is 8.00. The van der Waals surface area contributed by atoms with E-state index >= 15 is 4.39 Å². The summed E-state index contributed by atoms with van der Waals surface area (Å²) in [5.74, 6) is -9.50. The zero-order valence-corrected chi connectivity index (χ0v) is 26.4. The molecule has 1 N–H and O–H groups in total. The molecule has 47 heavy (non-hydrogen) atoms. The van der Waals surface area contributed by atoms with Crippen LogP contribution in [0.4, 0.5) is 45.2 Å². The molecule has 0 saturated heterocycles. The largest absolute Gasteiger partial charge is 0.441 e. The highest BCUT2D eigenvalue weighted by Crippen LogP contribution is 2.65. The maximum atomic E-state index is 15.2. The molecule has 1 amide bonds. The molecule has 1 aliphatic rings. The van der Waals surface area contributed by atoms with E-state index in [1.165, 1.54) is 12.1 Å². The van der Waals surface area contributed by atoms with E-state index in [1.807, 2.05) is 0 Å². The molecule has 1 saturated carbocycles. The molecule has 1 aliphatic carbocycles. The molecule has 0 bridgehead atoms. The lowest BCUT2D eigenvalue weighted by Gasteiger charge is -2.12. The van der Waals surface area contributed by atoms with Crippen molar-refractivity contribution in [2.24, 2.45) is 5.92 Å². The normalized spacial score (nSPS) is 17.4. The standard InChI is InChI=1S/C30H19Cl3F9NO3S/c31-20-4-3-15(43-27(46)25-24(28(25,32)33)13-1-6-22(35)19(9-13)29(37,38)39)11-17(20)23(45)10-14-2-5-21(34)18(26(14)36)12-16(44)7-8-47-30(40,41)42/h1-6,9,11,24-25H,7-8,10,12H2,(H,43,46)/t24-,25+/m0/s1. The Hall–Kier alpha value is -2.94. The molecule has 2 atom stereocenters. The Kier molecular flexibility index (Phi) is 10.9. The van der Waals surface area contributed by atoms with Crippen LogP contribution in [0.1, 0.15) is 45.0 Å². The Labute approximate surface area is 279 Å². The van der Waals surface area contributed by atoms with Crippen LogP contribution in [0.2, 0.25) is 5.02 Å². The van der Waals surface area contributed by atoms with Crippen LogP contribution < -0.4 is 5.32 Å². The first-order valence-electron chi connectivity index (χ1n) is 13.3. The van der Waals surface area contributed by atoms with Crippen LogP contribution in [0.15, 0.2) is 48.5 Å². The summed E-state index contributed by atoms with van der Waals surface area (Å²) in [7, 11) is 0. The number of hydrogen-bond acceptors (Lipinski definition) is 4. The second-order valence-corrected chi connectivity index (χ2v) is 13.4. The number of amides is 1.